The van der Waals surface area contributed by atoms with E-state index < -0.39 is 36.2 Å². The first-order valence-corrected chi connectivity index (χ1v) is 18.7. The Kier molecular flexibility index (Phi) is 11.7. The van der Waals surface area contributed by atoms with Gasteiger partial charge in [0.25, 0.3) is 11.8 Å². The van der Waals surface area contributed by atoms with Crippen molar-refractivity contribution in [3.63, 3.8) is 0 Å². The van der Waals surface area contributed by atoms with E-state index in [1.165, 1.54) is 13.8 Å². The average molecular weight is 765 g/mol. The molecule has 0 spiro atoms. The van der Waals surface area contributed by atoms with Gasteiger partial charge < -0.3 is 31.1 Å². The zero-order valence-corrected chi connectivity index (χ0v) is 31.9. The predicted molar refractivity (Wildman–Crippen MR) is 210 cm³/mol. The number of carboxylic acid groups (broad SMARTS) is 2. The monoisotopic (exact) mass is 764 g/mol. The summed E-state index contributed by atoms with van der Waals surface area (Å²) in [6.07, 6.45) is 7.00. The summed E-state index contributed by atoms with van der Waals surface area (Å²) in [6.45, 7) is 5.84. The third kappa shape index (κ3) is 8.63. The Morgan fingerprint density at radius 2 is 1.04 bits per heavy atom. The molecule has 0 saturated heterocycles. The molecule has 0 radical (unpaired) electrons. The summed E-state index contributed by atoms with van der Waals surface area (Å²) in [7, 11) is 0. The van der Waals surface area contributed by atoms with Crippen LogP contribution in [0.4, 0.5) is 11.4 Å². The zero-order chi connectivity index (χ0) is 40.4. The summed E-state index contributed by atoms with van der Waals surface area (Å²) < 4.78 is 0. The molecule has 2 aliphatic carbocycles. The summed E-state index contributed by atoms with van der Waals surface area (Å²) in [4.78, 5) is 59.3. The number of amides is 2. The van der Waals surface area contributed by atoms with Gasteiger partial charge in [-0.2, -0.15) is 0 Å². The van der Waals surface area contributed by atoms with E-state index in [-0.39, 0.29) is 48.1 Å². The molecule has 2 heterocycles. The van der Waals surface area contributed by atoms with Gasteiger partial charge in [0.1, 0.15) is 22.5 Å². The summed E-state index contributed by atoms with van der Waals surface area (Å²) in [5, 5.41) is 50.2. The number of hydrogen-bond acceptors (Lipinski definition) is 10. The highest BCUT2D eigenvalue weighted by Crippen LogP contribution is 2.43. The van der Waals surface area contributed by atoms with Crippen molar-refractivity contribution in [2.24, 2.45) is 0 Å². The first-order valence-electron chi connectivity index (χ1n) is 18.7. The normalized spacial score (nSPS) is 16.0. The zero-order valence-electron chi connectivity index (χ0n) is 31.9. The summed E-state index contributed by atoms with van der Waals surface area (Å²) in [6, 6.07) is 14.7. The van der Waals surface area contributed by atoms with Crippen molar-refractivity contribution < 1.29 is 39.6 Å². The van der Waals surface area contributed by atoms with Gasteiger partial charge in [0.15, 0.2) is 0 Å². The highest BCUT2D eigenvalue weighted by molar-refractivity contribution is 6.05. The molecule has 56 heavy (non-hydrogen) atoms. The maximum absolute atomic E-state index is 13.6. The van der Waals surface area contributed by atoms with E-state index in [1.54, 1.807) is 24.5 Å². The lowest BCUT2D eigenvalue weighted by Crippen LogP contribution is -2.52. The Labute approximate surface area is 324 Å². The van der Waals surface area contributed by atoms with Crippen LogP contribution in [0.25, 0.3) is 11.1 Å². The number of hydrogen-bond donors (Lipinski definition) is 8. The number of carboxylic acids is 2. The number of benzene rings is 2. The Balaban J connectivity index is 1.18. The number of aliphatic hydroxyl groups excluding tert-OH is 2. The molecule has 8 N–H and O–H groups in total. The van der Waals surface area contributed by atoms with Crippen molar-refractivity contribution >= 4 is 35.1 Å². The molecule has 6 rings (SSSR count). The van der Waals surface area contributed by atoms with E-state index >= 15 is 0 Å². The van der Waals surface area contributed by atoms with Crippen LogP contribution in [0.15, 0.2) is 60.9 Å². The van der Waals surface area contributed by atoms with E-state index in [0.717, 1.165) is 70.2 Å². The lowest BCUT2D eigenvalue weighted by atomic mass is 9.94. The second-order valence-electron chi connectivity index (χ2n) is 15.2. The molecule has 14 heteroatoms. The van der Waals surface area contributed by atoms with Gasteiger partial charge in [0.05, 0.1) is 13.2 Å². The molecule has 4 aromatic rings. The van der Waals surface area contributed by atoms with Gasteiger partial charge in [0, 0.05) is 36.9 Å². The summed E-state index contributed by atoms with van der Waals surface area (Å²) >= 11 is 0. The highest BCUT2D eigenvalue weighted by atomic mass is 16.4. The van der Waals surface area contributed by atoms with Crippen LogP contribution in [0.1, 0.15) is 106 Å². The van der Waals surface area contributed by atoms with Gasteiger partial charge in [-0.1, -0.05) is 24.3 Å². The van der Waals surface area contributed by atoms with Crippen LogP contribution in [0, 0.1) is 13.8 Å². The van der Waals surface area contributed by atoms with Gasteiger partial charge in [-0.3, -0.25) is 39.8 Å². The molecule has 2 fully saturated rings. The largest absolute Gasteiger partial charge is 0.480 e. The molecule has 2 aliphatic rings. The quantitative estimate of drug-likeness (QED) is 0.0722. The van der Waals surface area contributed by atoms with Crippen LogP contribution in [0.5, 0.6) is 0 Å². The number of carbonyl (C=O) groups excluding carboxylic acids is 2. The first-order chi connectivity index (χ1) is 26.7. The number of anilines is 2. The highest BCUT2D eigenvalue weighted by Gasteiger charge is 2.35. The standard InChI is InChI=1S/C42H48N6O8/c1-23-29(7-5-9-33(23)47-37(51)35-15-31(25-11-12-25)27(17-43-35)19-45-41(3,21-49)39(53)54)30-8-6-10-34(24(30)2)48-38(52)36-16-32(26-13-14-26)28(18-44-36)20-46-42(4,22-50)40(55)56/h5-10,15-18,25-26,45-46,49-50H,11-14,19-22H2,1-4H3,(H,47,51)(H,48,52)(H,53,54)(H,55,56)/t41-,42?/m1/s1. The predicted octanol–water partition coefficient (Wildman–Crippen LogP) is 4.87. The van der Waals surface area contributed by atoms with Gasteiger partial charge in [-0.05, 0) is 134 Å². The molecule has 2 aromatic carbocycles. The molecule has 0 bridgehead atoms. The number of aromatic nitrogens is 2. The number of nitrogens with zero attached hydrogens (tertiary/aromatic N) is 2. The molecule has 2 saturated carbocycles. The second-order valence-corrected chi connectivity index (χ2v) is 15.2. The molecule has 1 unspecified atom stereocenters. The van der Waals surface area contributed by atoms with Crippen molar-refractivity contribution in [1.82, 2.24) is 20.6 Å². The van der Waals surface area contributed by atoms with Gasteiger partial charge in [-0.15, -0.1) is 0 Å². The molecular weight excluding hydrogens is 716 g/mol. The fraction of sp³-hybridized carbons (Fsp3) is 0.381. The Morgan fingerprint density at radius 1 is 0.661 bits per heavy atom. The van der Waals surface area contributed by atoms with Crippen LogP contribution < -0.4 is 21.3 Å². The second kappa shape index (κ2) is 16.3. The Morgan fingerprint density at radius 3 is 1.36 bits per heavy atom. The molecule has 0 aliphatic heterocycles. The molecular formula is C42H48N6O8. The van der Waals surface area contributed by atoms with Crippen LogP contribution in [0.3, 0.4) is 0 Å². The lowest BCUT2D eigenvalue weighted by Gasteiger charge is -2.24. The summed E-state index contributed by atoms with van der Waals surface area (Å²) in [5.74, 6) is -2.61. The van der Waals surface area contributed by atoms with Gasteiger partial charge in [0.2, 0.25) is 0 Å². The average Bonchev–Trinajstić information content (AvgIpc) is 4.12. The van der Waals surface area contributed by atoms with Crippen molar-refractivity contribution in [3.8, 4) is 11.1 Å². The third-order valence-corrected chi connectivity index (χ3v) is 10.9. The number of aliphatic hydroxyl groups is 2. The third-order valence-electron chi connectivity index (χ3n) is 10.9. The SMILES string of the molecule is Cc1c(NC(=O)c2cc(C3CC3)c(CNC(C)(CO)C(=O)O)cn2)cccc1-c1cccc(NC(=O)c2cc(C3CC3)c(CN[C@](C)(CO)C(=O)O)cn2)c1C. The smallest absolute Gasteiger partial charge is 0.326 e. The topological polar surface area (TPSA) is 223 Å². The summed E-state index contributed by atoms with van der Waals surface area (Å²) in [5.41, 5.74) is 5.38. The van der Waals surface area contributed by atoms with Gasteiger partial charge in [-0.25, -0.2) is 0 Å². The molecule has 2 aromatic heterocycles. The minimum atomic E-state index is -1.51. The minimum Gasteiger partial charge on any atom is -0.480 e. The fourth-order valence-corrected chi connectivity index (χ4v) is 6.57. The van der Waals surface area contributed by atoms with Crippen LogP contribution >= 0.6 is 0 Å². The van der Waals surface area contributed by atoms with E-state index in [2.05, 4.69) is 31.2 Å². The fourth-order valence-electron chi connectivity index (χ4n) is 6.57. The minimum absolute atomic E-state index is 0.175. The van der Waals surface area contributed by atoms with E-state index in [4.69, 9.17) is 0 Å². The number of carbonyl (C=O) groups is 4. The lowest BCUT2D eigenvalue weighted by molar-refractivity contribution is -0.146. The molecule has 14 nitrogen and oxygen atoms in total. The molecule has 294 valence electrons. The maximum Gasteiger partial charge on any atom is 0.326 e. The van der Waals surface area contributed by atoms with Crippen LogP contribution in [0.2, 0.25) is 0 Å². The van der Waals surface area contributed by atoms with Crippen molar-refractivity contribution in [3.05, 3.63) is 106 Å². The van der Waals surface area contributed by atoms with Crippen LogP contribution in [-0.4, -0.2) is 78.4 Å². The van der Waals surface area contributed by atoms with Crippen molar-refractivity contribution in [2.45, 2.75) is 89.4 Å². The number of nitrogens with one attached hydrogen (secondary N) is 4. The number of rotatable bonds is 17. The molecule has 2 atom stereocenters. The van der Waals surface area contributed by atoms with E-state index in [9.17, 15) is 39.6 Å². The first kappa shape index (κ1) is 40.1. The number of aliphatic carboxylic acids is 2. The maximum atomic E-state index is 13.6. The van der Waals surface area contributed by atoms with E-state index in [0.29, 0.717) is 11.4 Å². The Bertz CT molecular complexity index is 2030. The van der Waals surface area contributed by atoms with Crippen LogP contribution in [-0.2, 0) is 22.7 Å². The Hall–Kier alpha value is -5.54. The number of pyridine rings is 2. The van der Waals surface area contributed by atoms with Crippen molar-refractivity contribution in [1.29, 1.82) is 0 Å². The van der Waals surface area contributed by atoms with Gasteiger partial charge >= 0.3 is 11.9 Å². The van der Waals surface area contributed by atoms with E-state index in [1.807, 2.05) is 50.2 Å². The van der Waals surface area contributed by atoms with Crippen molar-refractivity contribution in [2.75, 3.05) is 23.8 Å². The molecule has 2 amide bonds.